The number of hydrogen-bond acceptors (Lipinski definition) is 3. The molecule has 140 valence electrons. The van der Waals surface area contributed by atoms with Crippen molar-refractivity contribution in [1.29, 1.82) is 0 Å². The second-order valence-electron chi connectivity index (χ2n) is 6.05. The molecule has 1 aromatic carbocycles. The fraction of sp³-hybridized carbons (Fsp3) is 0.400. The van der Waals surface area contributed by atoms with Crippen LogP contribution < -0.4 is 15.4 Å². The molecule has 26 heavy (non-hydrogen) atoms. The van der Waals surface area contributed by atoms with Gasteiger partial charge in [0.15, 0.2) is 5.96 Å². The molecular formula is C20H27ClN4O. The number of ether oxygens (including phenoxy) is 1. The first kappa shape index (κ1) is 20.0. The van der Waals surface area contributed by atoms with Gasteiger partial charge in [0.25, 0.3) is 0 Å². The average Bonchev–Trinajstić information content (AvgIpc) is 2.65. The first-order chi connectivity index (χ1) is 12.6. The minimum atomic E-state index is 0.512. The average molecular weight is 375 g/mol. The number of rotatable bonds is 8. The lowest BCUT2D eigenvalue weighted by Crippen LogP contribution is -2.37. The summed E-state index contributed by atoms with van der Waals surface area (Å²) in [6, 6.07) is 10.1. The number of hydrogen-bond donors (Lipinski definition) is 2. The number of aliphatic imine (C=N–C) groups is 1. The van der Waals surface area contributed by atoms with Crippen LogP contribution in [-0.2, 0) is 13.0 Å². The van der Waals surface area contributed by atoms with Crippen molar-refractivity contribution in [1.82, 2.24) is 15.6 Å². The maximum Gasteiger partial charge on any atom is 0.191 e. The maximum absolute atomic E-state index is 5.86. The molecule has 0 unspecified atom stereocenters. The van der Waals surface area contributed by atoms with Gasteiger partial charge in [-0.25, -0.2) is 4.98 Å². The number of nitrogens with zero attached hydrogens (tertiary/aromatic N) is 2. The molecule has 0 atom stereocenters. The minimum absolute atomic E-state index is 0.512. The van der Waals surface area contributed by atoms with E-state index in [2.05, 4.69) is 52.7 Å². The van der Waals surface area contributed by atoms with Crippen molar-refractivity contribution >= 4 is 17.6 Å². The zero-order chi connectivity index (χ0) is 18.8. The van der Waals surface area contributed by atoms with Gasteiger partial charge in [0, 0.05) is 31.9 Å². The second kappa shape index (κ2) is 10.7. The number of halogens is 1. The molecule has 5 nitrogen and oxygen atoms in total. The van der Waals surface area contributed by atoms with Crippen LogP contribution in [0.15, 0.2) is 41.5 Å². The third kappa shape index (κ3) is 6.56. The third-order valence-corrected chi connectivity index (χ3v) is 4.07. The molecule has 0 saturated heterocycles. The predicted octanol–water partition coefficient (Wildman–Crippen LogP) is 3.74. The fourth-order valence-electron chi connectivity index (χ4n) is 2.43. The number of nitrogens with one attached hydrogen (secondary N) is 2. The van der Waals surface area contributed by atoms with E-state index in [0.29, 0.717) is 11.7 Å². The molecule has 1 aromatic heterocycles. The van der Waals surface area contributed by atoms with Crippen molar-refractivity contribution < 1.29 is 4.74 Å². The van der Waals surface area contributed by atoms with E-state index in [4.69, 9.17) is 16.3 Å². The van der Waals surface area contributed by atoms with Crippen LogP contribution in [0.1, 0.15) is 30.0 Å². The summed E-state index contributed by atoms with van der Waals surface area (Å²) < 4.78 is 5.86. The highest BCUT2D eigenvalue weighted by Crippen LogP contribution is 2.20. The van der Waals surface area contributed by atoms with Crippen molar-refractivity contribution in [3.8, 4) is 5.75 Å². The zero-order valence-corrected chi connectivity index (χ0v) is 16.4. The molecule has 0 spiro atoms. The van der Waals surface area contributed by atoms with E-state index in [1.54, 1.807) is 19.3 Å². The van der Waals surface area contributed by atoms with Crippen LogP contribution in [0.25, 0.3) is 0 Å². The van der Waals surface area contributed by atoms with Crippen molar-refractivity contribution in [2.45, 2.75) is 33.2 Å². The Morgan fingerprint density at radius 1 is 1.23 bits per heavy atom. The second-order valence-corrected chi connectivity index (χ2v) is 6.44. The fourth-order valence-corrected chi connectivity index (χ4v) is 2.55. The van der Waals surface area contributed by atoms with E-state index in [1.165, 1.54) is 5.56 Å². The first-order valence-electron chi connectivity index (χ1n) is 8.89. The Morgan fingerprint density at radius 2 is 2.08 bits per heavy atom. The molecule has 1 heterocycles. The van der Waals surface area contributed by atoms with Crippen LogP contribution in [0.2, 0.25) is 5.15 Å². The van der Waals surface area contributed by atoms with Gasteiger partial charge in [0.05, 0.1) is 6.61 Å². The summed E-state index contributed by atoms with van der Waals surface area (Å²) in [5.74, 6) is 1.69. The lowest BCUT2D eigenvalue weighted by molar-refractivity contribution is 0.313. The molecule has 2 N–H and O–H groups in total. The smallest absolute Gasteiger partial charge is 0.191 e. The van der Waals surface area contributed by atoms with Crippen molar-refractivity contribution in [2.75, 3.05) is 20.2 Å². The summed E-state index contributed by atoms with van der Waals surface area (Å²) in [6.45, 7) is 6.31. The molecule has 0 aliphatic carbocycles. The number of guanidine groups is 1. The summed E-state index contributed by atoms with van der Waals surface area (Å²) >= 11 is 5.81. The van der Waals surface area contributed by atoms with Crippen LogP contribution >= 0.6 is 11.6 Å². The predicted molar refractivity (Wildman–Crippen MR) is 108 cm³/mol. The Kier molecular flexibility index (Phi) is 8.22. The molecule has 0 fully saturated rings. The lowest BCUT2D eigenvalue weighted by atomic mass is 10.1. The Morgan fingerprint density at radius 3 is 2.77 bits per heavy atom. The number of aromatic nitrogens is 1. The zero-order valence-electron chi connectivity index (χ0n) is 15.7. The molecule has 2 aromatic rings. The molecule has 6 heteroatoms. The summed E-state index contributed by atoms with van der Waals surface area (Å²) in [6.07, 6.45) is 3.63. The van der Waals surface area contributed by atoms with Gasteiger partial charge in [-0.3, -0.25) is 4.99 Å². The third-order valence-electron chi connectivity index (χ3n) is 3.85. The number of benzene rings is 1. The van der Waals surface area contributed by atoms with Crippen LogP contribution in [0, 0.1) is 6.92 Å². The van der Waals surface area contributed by atoms with E-state index >= 15 is 0 Å². The van der Waals surface area contributed by atoms with E-state index in [0.717, 1.165) is 48.8 Å². The van der Waals surface area contributed by atoms with Crippen LogP contribution in [0.5, 0.6) is 5.75 Å². The minimum Gasteiger partial charge on any atom is -0.493 e. The van der Waals surface area contributed by atoms with Crippen LogP contribution in [0.3, 0.4) is 0 Å². The SMILES string of the molecule is CCCOc1cc(C)ccc1CNC(=NC)NCCc1ccc(Cl)nc1. The van der Waals surface area contributed by atoms with Crippen molar-refractivity contribution in [2.24, 2.45) is 4.99 Å². The summed E-state index contributed by atoms with van der Waals surface area (Å²) in [5, 5.41) is 7.17. The normalized spacial score (nSPS) is 11.3. The van der Waals surface area contributed by atoms with Crippen LogP contribution in [0.4, 0.5) is 0 Å². The molecule has 0 bridgehead atoms. The highest BCUT2D eigenvalue weighted by molar-refractivity contribution is 6.29. The van der Waals surface area contributed by atoms with Gasteiger partial charge in [-0.05, 0) is 43.0 Å². The van der Waals surface area contributed by atoms with Crippen molar-refractivity contribution in [3.05, 3.63) is 58.4 Å². The molecule has 0 amide bonds. The summed E-state index contributed by atoms with van der Waals surface area (Å²) in [7, 11) is 1.77. The molecular weight excluding hydrogens is 348 g/mol. The number of pyridine rings is 1. The van der Waals surface area contributed by atoms with E-state index in [9.17, 15) is 0 Å². The molecule has 0 radical (unpaired) electrons. The monoisotopic (exact) mass is 374 g/mol. The molecule has 0 aliphatic rings. The summed E-state index contributed by atoms with van der Waals surface area (Å²) in [4.78, 5) is 8.37. The van der Waals surface area contributed by atoms with Gasteiger partial charge in [0.1, 0.15) is 10.9 Å². The molecule has 2 rings (SSSR count). The Hall–Kier alpha value is -2.27. The van der Waals surface area contributed by atoms with Gasteiger partial charge in [0.2, 0.25) is 0 Å². The standard InChI is InChI=1S/C20H27ClN4O/c1-4-11-26-18-12-15(2)5-7-17(18)14-25-20(22-3)23-10-9-16-6-8-19(21)24-13-16/h5-8,12-13H,4,9-11,14H2,1-3H3,(H2,22,23,25). The highest BCUT2D eigenvalue weighted by atomic mass is 35.5. The van der Waals surface area contributed by atoms with E-state index in [-0.39, 0.29) is 0 Å². The largest absolute Gasteiger partial charge is 0.493 e. The van der Waals surface area contributed by atoms with Crippen molar-refractivity contribution in [3.63, 3.8) is 0 Å². The quantitative estimate of drug-likeness (QED) is 0.420. The Labute approximate surface area is 160 Å². The first-order valence-corrected chi connectivity index (χ1v) is 9.27. The summed E-state index contributed by atoms with van der Waals surface area (Å²) in [5.41, 5.74) is 3.44. The topological polar surface area (TPSA) is 58.5 Å². The van der Waals surface area contributed by atoms with Gasteiger partial charge < -0.3 is 15.4 Å². The number of aryl methyl sites for hydroxylation is 1. The van der Waals surface area contributed by atoms with Gasteiger partial charge in [-0.1, -0.05) is 36.7 Å². The van der Waals surface area contributed by atoms with E-state index in [1.807, 2.05) is 6.07 Å². The van der Waals surface area contributed by atoms with Gasteiger partial charge >= 0.3 is 0 Å². The molecule has 0 saturated carbocycles. The van der Waals surface area contributed by atoms with Gasteiger partial charge in [-0.15, -0.1) is 0 Å². The highest BCUT2D eigenvalue weighted by Gasteiger charge is 2.06. The molecule has 0 aliphatic heterocycles. The maximum atomic E-state index is 5.86. The van der Waals surface area contributed by atoms with E-state index < -0.39 is 0 Å². The van der Waals surface area contributed by atoms with Gasteiger partial charge in [-0.2, -0.15) is 0 Å². The Bertz CT molecular complexity index is 716. The lowest BCUT2D eigenvalue weighted by Gasteiger charge is -2.15. The Balaban J connectivity index is 1.85. The van der Waals surface area contributed by atoms with Crippen LogP contribution in [-0.4, -0.2) is 31.1 Å².